The van der Waals surface area contributed by atoms with Gasteiger partial charge in [-0.05, 0) is 49.3 Å². The topological polar surface area (TPSA) is 65.5 Å². The average Bonchev–Trinajstić information content (AvgIpc) is 3.37. The van der Waals surface area contributed by atoms with Crippen LogP contribution in [-0.2, 0) is 11.3 Å². The predicted molar refractivity (Wildman–Crippen MR) is 85.4 cm³/mol. The molecule has 118 valence electrons. The second-order valence-electron chi connectivity index (χ2n) is 6.25. The third-order valence-corrected chi connectivity index (χ3v) is 4.35. The molecule has 1 aromatic rings. The molecule has 1 aliphatic carbocycles. The Balaban J connectivity index is 1.58. The van der Waals surface area contributed by atoms with Crippen LogP contribution in [0.2, 0.25) is 0 Å². The highest BCUT2D eigenvalue weighted by atomic mass is 16.3. The molecule has 1 amide bonds. The molecule has 3 rings (SSSR count). The molecule has 1 atom stereocenters. The number of amides is 1. The number of anilines is 1. The number of carbonyl (C=O) groups is 1. The maximum atomic E-state index is 12.0. The first-order chi connectivity index (χ1) is 10.6. The SMILES string of the molecule is C=C(C(=O)NCc1ccnc(N2CCCC(O)C2)c1)C1CC1. The van der Waals surface area contributed by atoms with Gasteiger partial charge in [0, 0.05) is 31.4 Å². The van der Waals surface area contributed by atoms with Gasteiger partial charge in [0.2, 0.25) is 5.91 Å². The number of carbonyl (C=O) groups excluding carboxylic acids is 1. The number of β-amino-alcohol motifs (C(OH)–C–C–N with tert-alkyl or cyclic N) is 1. The van der Waals surface area contributed by atoms with Crippen molar-refractivity contribution in [3.63, 3.8) is 0 Å². The van der Waals surface area contributed by atoms with Gasteiger partial charge >= 0.3 is 0 Å². The van der Waals surface area contributed by atoms with Crippen LogP contribution in [0, 0.1) is 5.92 Å². The zero-order valence-electron chi connectivity index (χ0n) is 12.8. The lowest BCUT2D eigenvalue weighted by molar-refractivity contribution is -0.117. The van der Waals surface area contributed by atoms with Crippen LogP contribution in [0.5, 0.6) is 0 Å². The highest BCUT2D eigenvalue weighted by molar-refractivity contribution is 5.93. The second kappa shape index (κ2) is 6.48. The second-order valence-corrected chi connectivity index (χ2v) is 6.25. The predicted octanol–water partition coefficient (Wildman–Crippen LogP) is 1.63. The van der Waals surface area contributed by atoms with Crippen LogP contribution >= 0.6 is 0 Å². The highest BCUT2D eigenvalue weighted by Gasteiger charge is 2.28. The number of hydrogen-bond acceptors (Lipinski definition) is 4. The molecule has 1 unspecified atom stereocenters. The number of hydrogen-bond donors (Lipinski definition) is 2. The third kappa shape index (κ3) is 3.65. The molecule has 1 saturated heterocycles. The molecule has 0 bridgehead atoms. The van der Waals surface area contributed by atoms with E-state index < -0.39 is 0 Å². The van der Waals surface area contributed by atoms with E-state index in [9.17, 15) is 9.90 Å². The van der Waals surface area contributed by atoms with Crippen molar-refractivity contribution in [1.82, 2.24) is 10.3 Å². The van der Waals surface area contributed by atoms with E-state index in [0.717, 1.165) is 43.6 Å². The molecule has 1 aliphatic heterocycles. The first-order valence-electron chi connectivity index (χ1n) is 7.98. The summed E-state index contributed by atoms with van der Waals surface area (Å²) in [5.74, 6) is 1.21. The van der Waals surface area contributed by atoms with Crippen molar-refractivity contribution in [2.24, 2.45) is 5.92 Å². The maximum absolute atomic E-state index is 12.0. The van der Waals surface area contributed by atoms with E-state index in [4.69, 9.17) is 0 Å². The molecule has 2 fully saturated rings. The minimum atomic E-state index is -0.277. The molecule has 22 heavy (non-hydrogen) atoms. The Bertz CT molecular complexity index is 569. The largest absolute Gasteiger partial charge is 0.391 e. The van der Waals surface area contributed by atoms with Gasteiger partial charge in [-0.2, -0.15) is 0 Å². The average molecular weight is 301 g/mol. The van der Waals surface area contributed by atoms with E-state index >= 15 is 0 Å². The minimum Gasteiger partial charge on any atom is -0.391 e. The van der Waals surface area contributed by atoms with Crippen LogP contribution in [0.4, 0.5) is 5.82 Å². The van der Waals surface area contributed by atoms with Crippen molar-refractivity contribution in [3.8, 4) is 0 Å². The van der Waals surface area contributed by atoms with E-state index in [0.29, 0.717) is 24.6 Å². The Kier molecular flexibility index (Phi) is 4.43. The summed E-state index contributed by atoms with van der Waals surface area (Å²) in [6.45, 7) is 5.89. The van der Waals surface area contributed by atoms with E-state index in [2.05, 4.69) is 21.8 Å². The van der Waals surface area contributed by atoms with Gasteiger partial charge in [-0.15, -0.1) is 0 Å². The molecule has 5 heteroatoms. The zero-order valence-corrected chi connectivity index (χ0v) is 12.8. The molecule has 0 aromatic carbocycles. The van der Waals surface area contributed by atoms with Crippen molar-refractivity contribution in [3.05, 3.63) is 36.0 Å². The number of rotatable bonds is 5. The van der Waals surface area contributed by atoms with Crippen LogP contribution in [0.25, 0.3) is 0 Å². The van der Waals surface area contributed by atoms with Gasteiger partial charge in [-0.1, -0.05) is 6.58 Å². The number of aromatic nitrogens is 1. The Labute approximate surface area is 131 Å². The number of aliphatic hydroxyl groups excluding tert-OH is 1. The van der Waals surface area contributed by atoms with Gasteiger partial charge in [-0.3, -0.25) is 4.79 Å². The molecule has 1 aromatic heterocycles. The molecule has 0 spiro atoms. The van der Waals surface area contributed by atoms with Crippen LogP contribution < -0.4 is 10.2 Å². The van der Waals surface area contributed by atoms with E-state index in [-0.39, 0.29) is 12.0 Å². The van der Waals surface area contributed by atoms with E-state index in [1.165, 1.54) is 0 Å². The van der Waals surface area contributed by atoms with Crippen molar-refractivity contribution >= 4 is 11.7 Å². The van der Waals surface area contributed by atoms with E-state index in [1.54, 1.807) is 6.20 Å². The van der Waals surface area contributed by atoms with Gasteiger partial charge in [0.25, 0.3) is 0 Å². The molecule has 2 heterocycles. The van der Waals surface area contributed by atoms with Crippen molar-refractivity contribution in [2.45, 2.75) is 38.3 Å². The standard InChI is InChI=1S/C17H23N3O2/c1-12(14-4-5-14)17(22)19-10-13-6-7-18-16(9-13)20-8-2-3-15(21)11-20/h6-7,9,14-15,21H,1-5,8,10-11H2,(H,19,22). The number of nitrogens with one attached hydrogen (secondary N) is 1. The molecule has 2 aliphatic rings. The number of nitrogens with zero attached hydrogens (tertiary/aromatic N) is 2. The Hall–Kier alpha value is -1.88. The van der Waals surface area contributed by atoms with Crippen molar-refractivity contribution < 1.29 is 9.90 Å². The van der Waals surface area contributed by atoms with Gasteiger partial charge in [0.05, 0.1) is 6.10 Å². The van der Waals surface area contributed by atoms with Crippen LogP contribution in [-0.4, -0.2) is 35.2 Å². The third-order valence-electron chi connectivity index (χ3n) is 4.35. The summed E-state index contributed by atoms with van der Waals surface area (Å²) in [6, 6.07) is 3.89. The van der Waals surface area contributed by atoms with Crippen molar-refractivity contribution in [1.29, 1.82) is 0 Å². The monoisotopic (exact) mass is 301 g/mol. The summed E-state index contributed by atoms with van der Waals surface area (Å²) in [4.78, 5) is 18.4. The van der Waals surface area contributed by atoms with Crippen molar-refractivity contribution in [2.75, 3.05) is 18.0 Å². The summed E-state index contributed by atoms with van der Waals surface area (Å²) < 4.78 is 0. The summed E-state index contributed by atoms with van der Waals surface area (Å²) in [7, 11) is 0. The Morgan fingerprint density at radius 2 is 2.27 bits per heavy atom. The van der Waals surface area contributed by atoms with Gasteiger partial charge in [0.1, 0.15) is 5.82 Å². The van der Waals surface area contributed by atoms with Crippen LogP contribution in [0.1, 0.15) is 31.2 Å². The lowest BCUT2D eigenvalue weighted by atomic mass is 10.1. The van der Waals surface area contributed by atoms with Gasteiger partial charge in [-0.25, -0.2) is 4.98 Å². The zero-order chi connectivity index (χ0) is 15.5. The molecular formula is C17H23N3O2. The maximum Gasteiger partial charge on any atom is 0.247 e. The lowest BCUT2D eigenvalue weighted by Crippen LogP contribution is -2.38. The van der Waals surface area contributed by atoms with Gasteiger partial charge < -0.3 is 15.3 Å². The Morgan fingerprint density at radius 3 is 3.00 bits per heavy atom. The number of piperidine rings is 1. The summed E-state index contributed by atoms with van der Waals surface area (Å²) >= 11 is 0. The minimum absolute atomic E-state index is 0.0470. The fourth-order valence-corrected chi connectivity index (χ4v) is 2.82. The first kappa shape index (κ1) is 15.0. The molecular weight excluding hydrogens is 278 g/mol. The summed E-state index contributed by atoms with van der Waals surface area (Å²) in [5.41, 5.74) is 1.72. The summed E-state index contributed by atoms with van der Waals surface area (Å²) in [6.07, 6.45) is 5.49. The van der Waals surface area contributed by atoms with Crippen LogP contribution in [0.3, 0.4) is 0 Å². The van der Waals surface area contributed by atoms with E-state index in [1.807, 2.05) is 12.1 Å². The number of aliphatic hydroxyl groups is 1. The fraction of sp³-hybridized carbons (Fsp3) is 0.529. The summed E-state index contributed by atoms with van der Waals surface area (Å²) in [5, 5.41) is 12.7. The lowest BCUT2D eigenvalue weighted by Gasteiger charge is -2.31. The van der Waals surface area contributed by atoms with Gasteiger partial charge in [0.15, 0.2) is 0 Å². The van der Waals surface area contributed by atoms with Crippen LogP contribution in [0.15, 0.2) is 30.5 Å². The quantitative estimate of drug-likeness (QED) is 0.811. The highest BCUT2D eigenvalue weighted by Crippen LogP contribution is 2.35. The molecule has 1 saturated carbocycles. The smallest absolute Gasteiger partial charge is 0.247 e. The molecule has 5 nitrogen and oxygen atoms in total. The fourth-order valence-electron chi connectivity index (χ4n) is 2.82. The number of pyridine rings is 1. The normalized spacial score (nSPS) is 21.5. The molecule has 2 N–H and O–H groups in total. The Morgan fingerprint density at radius 1 is 1.45 bits per heavy atom. The first-order valence-corrected chi connectivity index (χ1v) is 7.98. The molecule has 0 radical (unpaired) electrons.